The van der Waals surface area contributed by atoms with E-state index >= 15 is 0 Å². The van der Waals surface area contributed by atoms with Crippen LogP contribution in [0.1, 0.15) is 13.2 Å². The van der Waals surface area contributed by atoms with Crippen molar-refractivity contribution in [3.05, 3.63) is 28.8 Å². The van der Waals surface area contributed by atoms with Crippen molar-refractivity contribution in [1.29, 1.82) is 0 Å². The topological polar surface area (TPSA) is 166 Å². The van der Waals surface area contributed by atoms with Crippen LogP contribution in [0.4, 0.5) is 5.69 Å². The van der Waals surface area contributed by atoms with Crippen LogP contribution in [0.25, 0.3) is 21.7 Å². The van der Waals surface area contributed by atoms with Gasteiger partial charge in [-0.1, -0.05) is 0 Å². The number of rotatable bonds is 3. The van der Waals surface area contributed by atoms with Crippen LogP contribution in [0.3, 0.4) is 0 Å². The number of hydrogen-bond acceptors (Lipinski definition) is 9. The van der Waals surface area contributed by atoms with E-state index in [1.54, 1.807) is 0 Å². The predicted molar refractivity (Wildman–Crippen MR) is 88.7 cm³/mol. The Bertz CT molecular complexity index is 1040. The molecular formula is C15H17N5O6. The standard InChI is InChI=1S/C15H17N5O6/c1-15(24)12(22)10(5-21)26-14(15)20-4-7-8(19-25)2-6-11(7)9(18-20)3-16-17-13(6)23/h2-4,10,12,14,19,21-22,24-25H,5H2,1H3,(H,17,23)/t10-,12-,14-,15-/m1/s1. The summed E-state index contributed by atoms with van der Waals surface area (Å²) in [7, 11) is 0. The quantitative estimate of drug-likeness (QED) is 0.322. The Balaban J connectivity index is 1.99. The molecule has 0 amide bonds. The summed E-state index contributed by atoms with van der Waals surface area (Å²) in [5.41, 5.74) is 0.408. The monoisotopic (exact) mass is 363 g/mol. The third kappa shape index (κ3) is 2.22. The van der Waals surface area contributed by atoms with E-state index in [2.05, 4.69) is 15.3 Å². The minimum atomic E-state index is -1.73. The molecule has 0 spiro atoms. The molecular weight excluding hydrogens is 346 g/mol. The lowest BCUT2D eigenvalue weighted by Crippen LogP contribution is -2.44. The number of nitrogens with one attached hydrogen (secondary N) is 2. The van der Waals surface area contributed by atoms with Crippen LogP contribution >= 0.6 is 0 Å². The number of nitrogens with zero attached hydrogens (tertiary/aromatic N) is 3. The molecule has 1 aromatic carbocycles. The van der Waals surface area contributed by atoms with Gasteiger partial charge < -0.3 is 20.1 Å². The van der Waals surface area contributed by atoms with Gasteiger partial charge in [0.15, 0.2) is 6.23 Å². The van der Waals surface area contributed by atoms with E-state index in [-0.39, 0.29) is 11.1 Å². The minimum absolute atomic E-state index is 0.259. The lowest BCUT2D eigenvalue weighted by molar-refractivity contribution is -0.102. The molecule has 138 valence electrons. The lowest BCUT2D eigenvalue weighted by Gasteiger charge is -2.27. The van der Waals surface area contributed by atoms with Crippen molar-refractivity contribution in [2.75, 3.05) is 12.1 Å². The van der Waals surface area contributed by atoms with E-state index < -0.39 is 36.2 Å². The van der Waals surface area contributed by atoms with Gasteiger partial charge in [-0.05, 0) is 13.0 Å². The smallest absolute Gasteiger partial charge is 0.272 e. The SMILES string of the molecule is C[C@@]1(O)[C@H](O)[C@@H](CO)O[C@H]1n1cc2c(NO)cc3c(=O)[nH]ncc(n1)c23. The van der Waals surface area contributed by atoms with Gasteiger partial charge in [0.2, 0.25) is 0 Å². The zero-order chi connectivity index (χ0) is 18.6. The van der Waals surface area contributed by atoms with Gasteiger partial charge in [0.25, 0.3) is 5.56 Å². The van der Waals surface area contributed by atoms with Gasteiger partial charge in [0.05, 0.1) is 23.9 Å². The largest absolute Gasteiger partial charge is 0.394 e. The summed E-state index contributed by atoms with van der Waals surface area (Å²) in [6, 6.07) is 1.45. The summed E-state index contributed by atoms with van der Waals surface area (Å²) < 4.78 is 6.83. The second-order valence-corrected chi connectivity index (χ2v) is 6.45. The summed E-state index contributed by atoms with van der Waals surface area (Å²) >= 11 is 0. The maximum absolute atomic E-state index is 12.1. The molecule has 26 heavy (non-hydrogen) atoms. The van der Waals surface area contributed by atoms with Crippen molar-refractivity contribution in [3.63, 3.8) is 0 Å². The number of aliphatic hydroxyl groups excluding tert-OH is 2. The first kappa shape index (κ1) is 16.9. The molecule has 0 bridgehead atoms. The molecule has 1 fully saturated rings. The highest BCUT2D eigenvalue weighted by molar-refractivity contribution is 6.14. The maximum atomic E-state index is 12.1. The number of anilines is 1. The van der Waals surface area contributed by atoms with Gasteiger partial charge in [0, 0.05) is 17.0 Å². The molecule has 11 nitrogen and oxygen atoms in total. The third-order valence-electron chi connectivity index (χ3n) is 4.75. The van der Waals surface area contributed by atoms with Crippen LogP contribution in [0, 0.1) is 0 Å². The summed E-state index contributed by atoms with van der Waals surface area (Å²) in [5.74, 6) is 0. The van der Waals surface area contributed by atoms with E-state index in [9.17, 15) is 25.3 Å². The Labute approximate surface area is 145 Å². The number of aromatic amines is 1. The zero-order valence-electron chi connectivity index (χ0n) is 13.6. The fourth-order valence-electron chi connectivity index (χ4n) is 3.39. The Morgan fingerprint density at radius 3 is 2.88 bits per heavy atom. The highest BCUT2D eigenvalue weighted by atomic mass is 16.6. The molecule has 0 saturated carbocycles. The molecule has 4 rings (SSSR count). The molecule has 0 unspecified atom stereocenters. The highest BCUT2D eigenvalue weighted by Gasteiger charge is 2.53. The van der Waals surface area contributed by atoms with Gasteiger partial charge >= 0.3 is 0 Å². The van der Waals surface area contributed by atoms with Crippen LogP contribution in [0.15, 0.2) is 23.3 Å². The Morgan fingerprint density at radius 2 is 2.23 bits per heavy atom. The Morgan fingerprint density at radius 1 is 1.46 bits per heavy atom. The molecule has 2 aromatic heterocycles. The van der Waals surface area contributed by atoms with Crippen molar-refractivity contribution < 1.29 is 25.3 Å². The minimum Gasteiger partial charge on any atom is -0.394 e. The number of ether oxygens (including phenoxy) is 1. The van der Waals surface area contributed by atoms with Crippen molar-refractivity contribution in [2.24, 2.45) is 0 Å². The van der Waals surface area contributed by atoms with Crippen LogP contribution < -0.4 is 11.0 Å². The predicted octanol–water partition coefficient (Wildman–Crippen LogP) is -0.925. The number of aromatic nitrogens is 4. The fourth-order valence-corrected chi connectivity index (χ4v) is 3.39. The van der Waals surface area contributed by atoms with Gasteiger partial charge in [-0.15, -0.1) is 0 Å². The van der Waals surface area contributed by atoms with Crippen LogP contribution in [-0.4, -0.2) is 64.9 Å². The average molecular weight is 363 g/mol. The van der Waals surface area contributed by atoms with Gasteiger partial charge in [-0.25, -0.2) is 9.78 Å². The lowest BCUT2D eigenvalue weighted by atomic mass is 9.97. The first-order valence-corrected chi connectivity index (χ1v) is 7.84. The first-order valence-electron chi connectivity index (χ1n) is 7.84. The molecule has 0 radical (unpaired) electrons. The van der Waals surface area contributed by atoms with E-state index in [1.165, 1.54) is 30.1 Å². The van der Waals surface area contributed by atoms with E-state index in [0.29, 0.717) is 16.3 Å². The normalized spacial score (nSPS) is 28.9. The first-order chi connectivity index (χ1) is 12.4. The van der Waals surface area contributed by atoms with Crippen LogP contribution in [0.2, 0.25) is 0 Å². The molecule has 3 heterocycles. The van der Waals surface area contributed by atoms with Crippen molar-refractivity contribution >= 4 is 27.4 Å². The second kappa shape index (κ2) is 5.72. The van der Waals surface area contributed by atoms with E-state index in [0.717, 1.165) is 0 Å². The molecule has 1 aliphatic heterocycles. The summed E-state index contributed by atoms with van der Waals surface area (Å²) in [6.07, 6.45) is -0.622. The molecule has 4 atom stereocenters. The summed E-state index contributed by atoms with van der Waals surface area (Å²) in [6.45, 7) is 0.892. The number of hydrogen-bond donors (Lipinski definition) is 6. The van der Waals surface area contributed by atoms with Gasteiger partial charge in [-0.2, -0.15) is 10.2 Å². The molecule has 11 heteroatoms. The molecule has 3 aromatic rings. The zero-order valence-corrected chi connectivity index (χ0v) is 13.6. The van der Waals surface area contributed by atoms with Crippen molar-refractivity contribution in [3.8, 4) is 0 Å². The Hall–Kier alpha value is -2.57. The molecule has 1 saturated heterocycles. The average Bonchev–Trinajstić information content (AvgIpc) is 3.04. The van der Waals surface area contributed by atoms with E-state index in [4.69, 9.17) is 4.74 Å². The molecule has 0 aliphatic carbocycles. The summed E-state index contributed by atoms with van der Waals surface area (Å²) in [4.78, 5) is 12.1. The number of aliphatic hydroxyl groups is 3. The van der Waals surface area contributed by atoms with Gasteiger partial charge in [-0.3, -0.25) is 15.5 Å². The van der Waals surface area contributed by atoms with E-state index in [1.807, 2.05) is 5.48 Å². The molecule has 1 aliphatic rings. The second-order valence-electron chi connectivity index (χ2n) is 6.45. The maximum Gasteiger partial charge on any atom is 0.272 e. The number of H-pyrrole nitrogens is 1. The van der Waals surface area contributed by atoms with Crippen LogP contribution in [-0.2, 0) is 4.74 Å². The third-order valence-corrected chi connectivity index (χ3v) is 4.75. The van der Waals surface area contributed by atoms with Crippen molar-refractivity contribution in [1.82, 2.24) is 20.0 Å². The summed E-state index contributed by atoms with van der Waals surface area (Å²) in [5, 5.41) is 51.2. The van der Waals surface area contributed by atoms with Gasteiger partial charge in [0.1, 0.15) is 23.3 Å². The van der Waals surface area contributed by atoms with Crippen LogP contribution in [0.5, 0.6) is 0 Å². The van der Waals surface area contributed by atoms with Crippen molar-refractivity contribution in [2.45, 2.75) is 31.0 Å². The Kier molecular flexibility index (Phi) is 3.71. The fraction of sp³-hybridized carbons (Fsp3) is 0.400. The molecule has 6 N–H and O–H groups in total. The highest BCUT2D eigenvalue weighted by Crippen LogP contribution is 2.39.